The van der Waals surface area contributed by atoms with Crippen LogP contribution in [0.5, 0.6) is 0 Å². The SMILES string of the molecule is CCC(C)N(CC)CC.O=C(O)CCCCCCCC(=O)O. The smallest absolute Gasteiger partial charge is 0.303 e. The van der Waals surface area contributed by atoms with Crippen molar-refractivity contribution in [1.29, 1.82) is 0 Å². The number of carboxylic acids is 2. The standard InChI is InChI=1S/C9H16O4.C8H19N/c10-8(11)6-4-2-1-3-5-7-9(12)13;1-5-8(4)9(6-2)7-3/h1-7H2,(H,10,11)(H,12,13);8H,5-7H2,1-4H3. The van der Waals surface area contributed by atoms with Crippen molar-refractivity contribution in [2.24, 2.45) is 0 Å². The molecule has 132 valence electrons. The van der Waals surface area contributed by atoms with Gasteiger partial charge in [0.1, 0.15) is 0 Å². The van der Waals surface area contributed by atoms with E-state index in [0.29, 0.717) is 12.8 Å². The van der Waals surface area contributed by atoms with Gasteiger partial charge in [0.05, 0.1) is 0 Å². The van der Waals surface area contributed by atoms with E-state index in [1.807, 2.05) is 0 Å². The molecule has 0 aromatic rings. The van der Waals surface area contributed by atoms with Crippen LogP contribution >= 0.6 is 0 Å². The predicted octanol–water partition coefficient (Wildman–Crippen LogP) is 4.01. The van der Waals surface area contributed by atoms with Gasteiger partial charge in [0.25, 0.3) is 0 Å². The van der Waals surface area contributed by atoms with Gasteiger partial charge < -0.3 is 15.1 Å². The second-order valence-corrected chi connectivity index (χ2v) is 5.53. The van der Waals surface area contributed by atoms with Gasteiger partial charge in [-0.3, -0.25) is 9.59 Å². The maximum absolute atomic E-state index is 10.1. The Morgan fingerprint density at radius 3 is 1.41 bits per heavy atom. The minimum absolute atomic E-state index is 0.221. The number of aliphatic carboxylic acids is 2. The minimum Gasteiger partial charge on any atom is -0.481 e. The third kappa shape index (κ3) is 17.0. The molecule has 0 aromatic carbocycles. The first kappa shape index (κ1) is 23.2. The summed E-state index contributed by atoms with van der Waals surface area (Å²) in [6.45, 7) is 11.3. The summed E-state index contributed by atoms with van der Waals surface area (Å²) in [7, 11) is 0. The number of unbranched alkanes of at least 4 members (excludes halogenated alkanes) is 4. The molecule has 0 saturated heterocycles. The maximum Gasteiger partial charge on any atom is 0.303 e. The molecule has 22 heavy (non-hydrogen) atoms. The summed E-state index contributed by atoms with van der Waals surface area (Å²) in [6, 6.07) is 0.764. The van der Waals surface area contributed by atoms with Crippen molar-refractivity contribution in [3.63, 3.8) is 0 Å². The number of hydrogen-bond donors (Lipinski definition) is 2. The molecule has 2 N–H and O–H groups in total. The van der Waals surface area contributed by atoms with Crippen LogP contribution in [0.3, 0.4) is 0 Å². The Bertz CT molecular complexity index is 260. The Balaban J connectivity index is 0. The lowest BCUT2D eigenvalue weighted by Crippen LogP contribution is -2.31. The lowest BCUT2D eigenvalue weighted by atomic mass is 10.1. The lowest BCUT2D eigenvalue weighted by Gasteiger charge is -2.24. The molecule has 0 radical (unpaired) electrons. The Hall–Kier alpha value is -1.10. The molecule has 0 amide bonds. The molecule has 5 nitrogen and oxygen atoms in total. The number of carbonyl (C=O) groups is 2. The van der Waals surface area contributed by atoms with E-state index in [2.05, 4.69) is 32.6 Å². The van der Waals surface area contributed by atoms with Crippen molar-refractivity contribution in [3.8, 4) is 0 Å². The molecular weight excluding hydrogens is 282 g/mol. The minimum atomic E-state index is -0.759. The van der Waals surface area contributed by atoms with Crippen molar-refractivity contribution >= 4 is 11.9 Å². The van der Waals surface area contributed by atoms with Gasteiger partial charge in [0, 0.05) is 18.9 Å². The van der Waals surface area contributed by atoms with E-state index in [1.165, 1.54) is 19.5 Å². The molecule has 0 aliphatic carbocycles. The van der Waals surface area contributed by atoms with Crippen molar-refractivity contribution in [2.45, 2.75) is 85.1 Å². The molecule has 5 heteroatoms. The van der Waals surface area contributed by atoms with Crippen molar-refractivity contribution in [3.05, 3.63) is 0 Å². The van der Waals surface area contributed by atoms with Gasteiger partial charge in [-0.25, -0.2) is 0 Å². The van der Waals surface area contributed by atoms with E-state index in [4.69, 9.17) is 10.2 Å². The molecule has 0 aliphatic heterocycles. The van der Waals surface area contributed by atoms with Crippen LogP contribution in [0.2, 0.25) is 0 Å². The van der Waals surface area contributed by atoms with Crippen LogP contribution < -0.4 is 0 Å². The fraction of sp³-hybridized carbons (Fsp3) is 0.882. The second-order valence-electron chi connectivity index (χ2n) is 5.53. The van der Waals surface area contributed by atoms with Crippen LogP contribution in [0.1, 0.15) is 79.1 Å². The zero-order valence-corrected chi connectivity index (χ0v) is 14.8. The Labute approximate surface area is 135 Å². The highest BCUT2D eigenvalue weighted by atomic mass is 16.4. The van der Waals surface area contributed by atoms with Gasteiger partial charge in [-0.1, -0.05) is 40.0 Å². The van der Waals surface area contributed by atoms with Crippen LogP contribution in [0, 0.1) is 0 Å². The number of carboxylic acid groups (broad SMARTS) is 2. The highest BCUT2D eigenvalue weighted by molar-refractivity contribution is 5.66. The highest BCUT2D eigenvalue weighted by Crippen LogP contribution is 2.06. The molecule has 1 unspecified atom stereocenters. The molecule has 0 heterocycles. The van der Waals surface area contributed by atoms with Gasteiger partial charge in [-0.05, 0) is 39.3 Å². The first-order chi connectivity index (χ1) is 10.4. The van der Waals surface area contributed by atoms with Gasteiger partial charge >= 0.3 is 11.9 Å². The van der Waals surface area contributed by atoms with E-state index in [1.54, 1.807) is 0 Å². The number of hydrogen-bond acceptors (Lipinski definition) is 3. The fourth-order valence-corrected chi connectivity index (χ4v) is 2.19. The summed E-state index contributed by atoms with van der Waals surface area (Å²) in [6.07, 6.45) is 5.79. The fourth-order valence-electron chi connectivity index (χ4n) is 2.19. The Morgan fingerprint density at radius 1 is 0.818 bits per heavy atom. The van der Waals surface area contributed by atoms with E-state index >= 15 is 0 Å². The second kappa shape index (κ2) is 16.3. The summed E-state index contributed by atoms with van der Waals surface area (Å²) in [5.41, 5.74) is 0. The lowest BCUT2D eigenvalue weighted by molar-refractivity contribution is -0.138. The molecule has 0 fully saturated rings. The normalized spacial score (nSPS) is 11.7. The van der Waals surface area contributed by atoms with Crippen molar-refractivity contribution < 1.29 is 19.8 Å². The zero-order valence-electron chi connectivity index (χ0n) is 14.8. The van der Waals surface area contributed by atoms with Gasteiger partial charge in [0.2, 0.25) is 0 Å². The molecule has 0 spiro atoms. The van der Waals surface area contributed by atoms with Crippen LogP contribution in [0.25, 0.3) is 0 Å². The van der Waals surface area contributed by atoms with Crippen LogP contribution in [-0.2, 0) is 9.59 Å². The Kier molecular flexibility index (Phi) is 17.1. The molecule has 0 saturated carbocycles. The summed E-state index contributed by atoms with van der Waals surface area (Å²) in [4.78, 5) is 22.7. The average Bonchev–Trinajstić information content (AvgIpc) is 2.47. The van der Waals surface area contributed by atoms with Crippen LogP contribution in [-0.4, -0.2) is 46.2 Å². The van der Waals surface area contributed by atoms with E-state index in [0.717, 1.165) is 25.3 Å². The van der Waals surface area contributed by atoms with Gasteiger partial charge in [-0.2, -0.15) is 0 Å². The summed E-state index contributed by atoms with van der Waals surface area (Å²) < 4.78 is 0. The van der Waals surface area contributed by atoms with Crippen molar-refractivity contribution in [2.75, 3.05) is 13.1 Å². The van der Waals surface area contributed by atoms with Crippen LogP contribution in [0.4, 0.5) is 0 Å². The molecule has 0 bridgehead atoms. The third-order valence-electron chi connectivity index (χ3n) is 3.81. The predicted molar refractivity (Wildman–Crippen MR) is 90.3 cm³/mol. The van der Waals surface area contributed by atoms with Crippen molar-refractivity contribution in [1.82, 2.24) is 4.90 Å². The molecule has 0 rings (SSSR count). The maximum atomic E-state index is 10.1. The molecule has 0 aromatic heterocycles. The highest BCUT2D eigenvalue weighted by Gasteiger charge is 2.05. The summed E-state index contributed by atoms with van der Waals surface area (Å²) >= 11 is 0. The van der Waals surface area contributed by atoms with E-state index in [9.17, 15) is 9.59 Å². The molecule has 1 atom stereocenters. The van der Waals surface area contributed by atoms with E-state index in [-0.39, 0.29) is 12.8 Å². The topological polar surface area (TPSA) is 77.8 Å². The quantitative estimate of drug-likeness (QED) is 0.532. The third-order valence-corrected chi connectivity index (χ3v) is 3.81. The average molecular weight is 317 g/mol. The van der Waals surface area contributed by atoms with Gasteiger partial charge in [-0.15, -0.1) is 0 Å². The number of rotatable bonds is 12. The molecule has 0 aliphatic rings. The van der Waals surface area contributed by atoms with Gasteiger partial charge in [0.15, 0.2) is 0 Å². The summed E-state index contributed by atoms with van der Waals surface area (Å²) in [5, 5.41) is 16.6. The zero-order chi connectivity index (χ0) is 17.4. The monoisotopic (exact) mass is 317 g/mol. The number of nitrogens with zero attached hydrogens (tertiary/aromatic N) is 1. The first-order valence-electron chi connectivity index (χ1n) is 8.56. The first-order valence-corrected chi connectivity index (χ1v) is 8.56. The Morgan fingerprint density at radius 2 is 1.18 bits per heavy atom. The van der Waals surface area contributed by atoms with Crippen LogP contribution in [0.15, 0.2) is 0 Å². The largest absolute Gasteiger partial charge is 0.481 e. The van der Waals surface area contributed by atoms with E-state index < -0.39 is 11.9 Å². The summed E-state index contributed by atoms with van der Waals surface area (Å²) in [5.74, 6) is -1.52. The molecular formula is C17H35NO4.